The number of amides is 1. The van der Waals surface area contributed by atoms with Crippen LogP contribution < -0.4 is 4.90 Å². The smallest absolute Gasteiger partial charge is 0.419 e. The summed E-state index contributed by atoms with van der Waals surface area (Å²) < 4.78 is 15.3. The van der Waals surface area contributed by atoms with Gasteiger partial charge in [0, 0.05) is 7.11 Å². The summed E-state index contributed by atoms with van der Waals surface area (Å²) in [5, 5.41) is 0.528. The SMILES string of the molecule is COCOC(=O)Cc1ccccc1N(C(=O)OC(C)(C)C)c1c(Cl)cccc1Cl. The Balaban J connectivity index is 2.55. The molecule has 0 aliphatic rings. The summed E-state index contributed by atoms with van der Waals surface area (Å²) in [6, 6.07) is 11.8. The van der Waals surface area contributed by atoms with E-state index in [1.807, 2.05) is 0 Å². The van der Waals surface area contributed by atoms with Gasteiger partial charge in [0.05, 0.1) is 27.8 Å². The third-order valence-electron chi connectivity index (χ3n) is 3.64. The number of para-hydroxylation sites is 2. The lowest BCUT2D eigenvalue weighted by Gasteiger charge is -2.30. The zero-order chi connectivity index (χ0) is 21.6. The summed E-state index contributed by atoms with van der Waals surface area (Å²) in [4.78, 5) is 26.5. The predicted molar refractivity (Wildman–Crippen MR) is 113 cm³/mol. The van der Waals surface area contributed by atoms with Crippen LogP contribution in [0.4, 0.5) is 16.2 Å². The number of rotatable bonds is 6. The molecule has 0 saturated carbocycles. The number of carbonyl (C=O) groups excluding carboxylic acids is 2. The van der Waals surface area contributed by atoms with Crippen LogP contribution in [0.5, 0.6) is 0 Å². The highest BCUT2D eigenvalue weighted by atomic mass is 35.5. The second kappa shape index (κ2) is 9.96. The number of hydrogen-bond acceptors (Lipinski definition) is 5. The fourth-order valence-corrected chi connectivity index (χ4v) is 3.10. The van der Waals surface area contributed by atoms with Gasteiger partial charge in [-0.15, -0.1) is 0 Å². The second-order valence-corrected chi connectivity index (χ2v) is 7.93. The van der Waals surface area contributed by atoms with Gasteiger partial charge in [0.2, 0.25) is 0 Å². The Morgan fingerprint density at radius 3 is 2.21 bits per heavy atom. The first-order chi connectivity index (χ1) is 13.6. The monoisotopic (exact) mass is 439 g/mol. The maximum atomic E-state index is 13.1. The average Bonchev–Trinajstić information content (AvgIpc) is 2.62. The normalized spacial score (nSPS) is 11.1. The van der Waals surface area contributed by atoms with E-state index in [1.54, 1.807) is 63.2 Å². The standard InChI is InChI=1S/C21H23Cl2NO5/c1-21(2,3)29-20(26)24(19-15(22)9-7-10-16(19)23)17-11-6-5-8-14(17)12-18(25)28-13-27-4/h5-11H,12-13H2,1-4H3. The minimum atomic E-state index is -0.755. The van der Waals surface area contributed by atoms with Gasteiger partial charge in [0.25, 0.3) is 0 Å². The van der Waals surface area contributed by atoms with Crippen LogP contribution >= 0.6 is 23.2 Å². The molecule has 0 fully saturated rings. The van der Waals surface area contributed by atoms with Crippen molar-refractivity contribution in [1.82, 2.24) is 0 Å². The van der Waals surface area contributed by atoms with Crippen LogP contribution in [0.2, 0.25) is 10.0 Å². The molecule has 0 aliphatic carbocycles. The van der Waals surface area contributed by atoms with Gasteiger partial charge in [-0.05, 0) is 44.5 Å². The fraction of sp³-hybridized carbons (Fsp3) is 0.333. The highest BCUT2D eigenvalue weighted by Gasteiger charge is 2.30. The van der Waals surface area contributed by atoms with E-state index < -0.39 is 17.7 Å². The lowest BCUT2D eigenvalue weighted by molar-refractivity contribution is -0.153. The van der Waals surface area contributed by atoms with Gasteiger partial charge in [-0.3, -0.25) is 4.79 Å². The number of ether oxygens (including phenoxy) is 3. The van der Waals surface area contributed by atoms with E-state index in [1.165, 1.54) is 12.0 Å². The van der Waals surface area contributed by atoms with E-state index in [2.05, 4.69) is 0 Å². The zero-order valence-corrected chi connectivity index (χ0v) is 18.2. The van der Waals surface area contributed by atoms with Gasteiger partial charge in [-0.1, -0.05) is 47.5 Å². The molecule has 2 aromatic rings. The first kappa shape index (κ1) is 23.0. The summed E-state index contributed by atoms with van der Waals surface area (Å²) in [6.07, 6.45) is -0.758. The first-order valence-corrected chi connectivity index (χ1v) is 9.59. The number of methoxy groups -OCH3 is 1. The number of carbonyl (C=O) groups is 2. The number of anilines is 2. The Morgan fingerprint density at radius 2 is 1.62 bits per heavy atom. The molecule has 6 nitrogen and oxygen atoms in total. The van der Waals surface area contributed by atoms with Crippen molar-refractivity contribution in [2.24, 2.45) is 0 Å². The van der Waals surface area contributed by atoms with E-state index in [4.69, 9.17) is 37.4 Å². The van der Waals surface area contributed by atoms with Crippen LogP contribution in [0, 0.1) is 0 Å². The molecule has 0 aliphatic heterocycles. The van der Waals surface area contributed by atoms with Gasteiger partial charge in [-0.2, -0.15) is 0 Å². The Hall–Kier alpha value is -2.28. The van der Waals surface area contributed by atoms with Crippen LogP contribution in [-0.2, 0) is 25.4 Å². The van der Waals surface area contributed by atoms with Crippen LogP contribution in [0.25, 0.3) is 0 Å². The molecule has 0 N–H and O–H groups in total. The van der Waals surface area contributed by atoms with Crippen LogP contribution in [0.1, 0.15) is 26.3 Å². The van der Waals surface area contributed by atoms with Crippen molar-refractivity contribution in [2.45, 2.75) is 32.8 Å². The van der Waals surface area contributed by atoms with Gasteiger partial charge in [0.15, 0.2) is 6.79 Å². The number of halogens is 2. The summed E-state index contributed by atoms with van der Waals surface area (Å²) >= 11 is 12.7. The van der Waals surface area contributed by atoms with Crippen molar-refractivity contribution in [2.75, 3.05) is 18.8 Å². The molecule has 0 saturated heterocycles. The topological polar surface area (TPSA) is 65.1 Å². The van der Waals surface area contributed by atoms with E-state index in [0.717, 1.165) is 0 Å². The van der Waals surface area contributed by atoms with E-state index >= 15 is 0 Å². The number of esters is 1. The quantitative estimate of drug-likeness (QED) is 0.422. The number of nitrogens with zero attached hydrogens (tertiary/aromatic N) is 1. The molecule has 0 aromatic heterocycles. The van der Waals surface area contributed by atoms with Crippen molar-refractivity contribution < 1.29 is 23.8 Å². The number of benzene rings is 2. The molecule has 0 spiro atoms. The molecule has 0 unspecified atom stereocenters. The van der Waals surface area contributed by atoms with Crippen molar-refractivity contribution in [1.29, 1.82) is 0 Å². The van der Waals surface area contributed by atoms with Crippen LogP contribution in [0.15, 0.2) is 42.5 Å². The summed E-state index contributed by atoms with van der Waals surface area (Å²) in [5.74, 6) is -0.506. The molecular weight excluding hydrogens is 417 g/mol. The van der Waals surface area contributed by atoms with Gasteiger partial charge in [0.1, 0.15) is 5.60 Å². The molecule has 2 rings (SSSR count). The summed E-state index contributed by atoms with van der Waals surface area (Å²) in [5.41, 5.74) is 0.458. The molecule has 29 heavy (non-hydrogen) atoms. The Bertz CT molecular complexity index is 859. The van der Waals surface area contributed by atoms with Crippen molar-refractivity contribution in [3.05, 3.63) is 58.1 Å². The minimum Gasteiger partial charge on any atom is -0.443 e. The Morgan fingerprint density at radius 1 is 1.00 bits per heavy atom. The Labute approximate surface area is 180 Å². The molecule has 0 atom stereocenters. The highest BCUT2D eigenvalue weighted by molar-refractivity contribution is 6.40. The lowest BCUT2D eigenvalue weighted by atomic mass is 10.1. The van der Waals surface area contributed by atoms with E-state index in [-0.39, 0.29) is 28.9 Å². The van der Waals surface area contributed by atoms with Gasteiger partial charge >= 0.3 is 12.1 Å². The fourth-order valence-electron chi connectivity index (χ4n) is 2.53. The molecule has 8 heteroatoms. The summed E-state index contributed by atoms with van der Waals surface area (Å²) in [6.45, 7) is 5.11. The molecule has 0 heterocycles. The predicted octanol–water partition coefficient (Wildman–Crippen LogP) is 5.76. The maximum Gasteiger partial charge on any atom is 0.419 e. The molecule has 0 radical (unpaired) electrons. The largest absolute Gasteiger partial charge is 0.443 e. The van der Waals surface area contributed by atoms with E-state index in [0.29, 0.717) is 11.3 Å². The number of hydrogen-bond donors (Lipinski definition) is 0. The zero-order valence-electron chi connectivity index (χ0n) is 16.7. The minimum absolute atomic E-state index is 0.0824. The molecule has 1 amide bonds. The lowest BCUT2D eigenvalue weighted by Crippen LogP contribution is -2.34. The van der Waals surface area contributed by atoms with Crippen molar-refractivity contribution in [3.63, 3.8) is 0 Å². The molecule has 0 bridgehead atoms. The third-order valence-corrected chi connectivity index (χ3v) is 4.25. The van der Waals surface area contributed by atoms with Crippen molar-refractivity contribution >= 4 is 46.6 Å². The van der Waals surface area contributed by atoms with E-state index in [9.17, 15) is 9.59 Å². The summed E-state index contributed by atoms with van der Waals surface area (Å²) in [7, 11) is 1.42. The first-order valence-electron chi connectivity index (χ1n) is 8.83. The molecule has 156 valence electrons. The third kappa shape index (κ3) is 6.35. The Kier molecular flexibility index (Phi) is 7.90. The molecular formula is C21H23Cl2NO5. The van der Waals surface area contributed by atoms with Gasteiger partial charge < -0.3 is 14.2 Å². The molecule has 2 aromatic carbocycles. The average molecular weight is 440 g/mol. The highest BCUT2D eigenvalue weighted by Crippen LogP contribution is 2.40. The maximum absolute atomic E-state index is 13.1. The van der Waals surface area contributed by atoms with Crippen LogP contribution in [-0.4, -0.2) is 31.6 Å². The van der Waals surface area contributed by atoms with Gasteiger partial charge in [-0.25, -0.2) is 9.69 Å². The second-order valence-electron chi connectivity index (χ2n) is 7.11. The van der Waals surface area contributed by atoms with Crippen LogP contribution in [0.3, 0.4) is 0 Å². The van der Waals surface area contributed by atoms with Crippen molar-refractivity contribution in [3.8, 4) is 0 Å².